The quantitative estimate of drug-likeness (QED) is 0.550. The molecule has 0 aliphatic heterocycles. The summed E-state index contributed by atoms with van der Waals surface area (Å²) < 4.78 is 10.2. The number of esters is 1. The third-order valence-electron chi connectivity index (χ3n) is 2.53. The standard InChI is InChI=1S/C14H19NO3/c1-5-7-15(8-6-2)10-12-9-13(11(3)18-12)14(16)17-4/h5-6,9H,1-2,7-8,10H2,3-4H3. The van der Waals surface area contributed by atoms with Crippen LogP contribution in [0.25, 0.3) is 0 Å². The molecule has 0 unspecified atom stereocenters. The van der Waals surface area contributed by atoms with E-state index in [9.17, 15) is 4.79 Å². The second-order valence-corrected chi connectivity index (χ2v) is 3.95. The van der Waals surface area contributed by atoms with E-state index in [1.54, 1.807) is 13.0 Å². The van der Waals surface area contributed by atoms with Crippen molar-refractivity contribution in [1.82, 2.24) is 4.90 Å². The van der Waals surface area contributed by atoms with Gasteiger partial charge in [-0.25, -0.2) is 4.79 Å². The third-order valence-corrected chi connectivity index (χ3v) is 2.53. The Morgan fingerprint density at radius 3 is 2.56 bits per heavy atom. The van der Waals surface area contributed by atoms with Gasteiger partial charge in [0.05, 0.1) is 13.7 Å². The molecular weight excluding hydrogens is 230 g/mol. The van der Waals surface area contributed by atoms with Crippen LogP contribution in [0.4, 0.5) is 0 Å². The Morgan fingerprint density at radius 1 is 1.44 bits per heavy atom. The lowest BCUT2D eigenvalue weighted by Gasteiger charge is -2.16. The van der Waals surface area contributed by atoms with Crippen molar-refractivity contribution in [3.8, 4) is 0 Å². The van der Waals surface area contributed by atoms with E-state index in [1.165, 1.54) is 7.11 Å². The van der Waals surface area contributed by atoms with Crippen LogP contribution in [0.15, 0.2) is 35.8 Å². The van der Waals surface area contributed by atoms with Crippen LogP contribution in [-0.4, -0.2) is 31.1 Å². The highest BCUT2D eigenvalue weighted by Gasteiger charge is 2.16. The molecule has 0 aliphatic carbocycles. The van der Waals surface area contributed by atoms with Gasteiger partial charge >= 0.3 is 5.97 Å². The summed E-state index contributed by atoms with van der Waals surface area (Å²) in [6, 6.07) is 1.72. The lowest BCUT2D eigenvalue weighted by Crippen LogP contribution is -2.22. The molecule has 4 nitrogen and oxygen atoms in total. The average molecular weight is 249 g/mol. The van der Waals surface area contributed by atoms with E-state index in [0.29, 0.717) is 17.9 Å². The molecule has 0 amide bonds. The fourth-order valence-electron chi connectivity index (χ4n) is 1.72. The van der Waals surface area contributed by atoms with Gasteiger partial charge in [0.2, 0.25) is 0 Å². The molecule has 0 spiro atoms. The molecule has 1 aromatic rings. The second kappa shape index (κ2) is 6.81. The summed E-state index contributed by atoms with van der Waals surface area (Å²) in [4.78, 5) is 13.6. The Morgan fingerprint density at radius 2 is 2.06 bits per heavy atom. The molecule has 1 rings (SSSR count). The molecule has 0 atom stereocenters. The number of hydrogen-bond donors (Lipinski definition) is 0. The summed E-state index contributed by atoms with van der Waals surface area (Å²) in [6.07, 6.45) is 3.64. The molecule has 4 heteroatoms. The first-order chi connectivity index (χ1) is 8.62. The number of hydrogen-bond acceptors (Lipinski definition) is 4. The van der Waals surface area contributed by atoms with Gasteiger partial charge in [-0.05, 0) is 13.0 Å². The Balaban J connectivity index is 2.80. The van der Waals surface area contributed by atoms with E-state index in [2.05, 4.69) is 22.8 Å². The van der Waals surface area contributed by atoms with E-state index < -0.39 is 0 Å². The predicted molar refractivity (Wildman–Crippen MR) is 70.5 cm³/mol. The summed E-state index contributed by atoms with van der Waals surface area (Å²) >= 11 is 0. The van der Waals surface area contributed by atoms with Gasteiger partial charge < -0.3 is 9.15 Å². The molecule has 0 N–H and O–H groups in total. The number of furan rings is 1. The van der Waals surface area contributed by atoms with Crippen LogP contribution in [0.1, 0.15) is 21.9 Å². The second-order valence-electron chi connectivity index (χ2n) is 3.95. The molecule has 0 bridgehead atoms. The molecule has 1 heterocycles. The van der Waals surface area contributed by atoms with Crippen LogP contribution < -0.4 is 0 Å². The lowest BCUT2D eigenvalue weighted by atomic mass is 10.2. The predicted octanol–water partition coefficient (Wildman–Crippen LogP) is 2.55. The van der Waals surface area contributed by atoms with Gasteiger partial charge in [0.25, 0.3) is 0 Å². The van der Waals surface area contributed by atoms with E-state index in [1.807, 2.05) is 12.2 Å². The Hall–Kier alpha value is -1.81. The molecule has 1 aromatic heterocycles. The van der Waals surface area contributed by atoms with Crippen molar-refractivity contribution in [3.05, 3.63) is 48.5 Å². The number of ether oxygens (including phenoxy) is 1. The number of carbonyl (C=O) groups excluding carboxylic acids is 1. The van der Waals surface area contributed by atoms with Gasteiger partial charge in [0.15, 0.2) is 0 Å². The highest BCUT2D eigenvalue weighted by atomic mass is 16.5. The molecule has 0 radical (unpaired) electrons. The van der Waals surface area contributed by atoms with Gasteiger partial charge in [-0.15, -0.1) is 13.2 Å². The van der Waals surface area contributed by atoms with Gasteiger partial charge in [0, 0.05) is 13.1 Å². The molecule has 0 aliphatic rings. The van der Waals surface area contributed by atoms with Crippen molar-refractivity contribution in [2.45, 2.75) is 13.5 Å². The van der Waals surface area contributed by atoms with Crippen LogP contribution >= 0.6 is 0 Å². The minimum atomic E-state index is -0.374. The van der Waals surface area contributed by atoms with Crippen molar-refractivity contribution in [1.29, 1.82) is 0 Å². The summed E-state index contributed by atoms with van der Waals surface area (Å²) in [6.45, 7) is 11.2. The maximum absolute atomic E-state index is 11.5. The van der Waals surface area contributed by atoms with Crippen molar-refractivity contribution < 1.29 is 13.9 Å². The molecular formula is C14H19NO3. The van der Waals surface area contributed by atoms with E-state index >= 15 is 0 Å². The van der Waals surface area contributed by atoms with E-state index in [-0.39, 0.29) is 5.97 Å². The fourth-order valence-corrected chi connectivity index (χ4v) is 1.72. The molecule has 18 heavy (non-hydrogen) atoms. The minimum Gasteiger partial charge on any atom is -0.465 e. The number of carbonyl (C=O) groups is 1. The number of aryl methyl sites for hydroxylation is 1. The van der Waals surface area contributed by atoms with E-state index in [4.69, 9.17) is 4.42 Å². The van der Waals surface area contributed by atoms with E-state index in [0.717, 1.165) is 18.8 Å². The number of rotatable bonds is 7. The van der Waals surface area contributed by atoms with Gasteiger partial charge in [0.1, 0.15) is 17.1 Å². The van der Waals surface area contributed by atoms with Crippen LogP contribution in [0, 0.1) is 6.92 Å². The van der Waals surface area contributed by atoms with Gasteiger partial charge in [-0.3, -0.25) is 4.90 Å². The normalized spacial score (nSPS) is 10.4. The van der Waals surface area contributed by atoms with Crippen LogP contribution in [0.2, 0.25) is 0 Å². The topological polar surface area (TPSA) is 42.7 Å². The first-order valence-corrected chi connectivity index (χ1v) is 5.74. The first kappa shape index (κ1) is 14.3. The lowest BCUT2D eigenvalue weighted by molar-refractivity contribution is 0.0599. The van der Waals surface area contributed by atoms with Crippen molar-refractivity contribution in [3.63, 3.8) is 0 Å². The largest absolute Gasteiger partial charge is 0.465 e. The fraction of sp³-hybridized carbons (Fsp3) is 0.357. The van der Waals surface area contributed by atoms with Gasteiger partial charge in [-0.2, -0.15) is 0 Å². The zero-order valence-electron chi connectivity index (χ0n) is 10.9. The third kappa shape index (κ3) is 3.60. The Labute approximate surface area is 108 Å². The zero-order chi connectivity index (χ0) is 13.5. The van der Waals surface area contributed by atoms with Crippen LogP contribution in [0.3, 0.4) is 0 Å². The summed E-state index contributed by atoms with van der Waals surface area (Å²) in [5.41, 5.74) is 0.477. The van der Waals surface area contributed by atoms with Crippen LogP contribution in [0.5, 0.6) is 0 Å². The zero-order valence-corrected chi connectivity index (χ0v) is 10.9. The molecule has 98 valence electrons. The van der Waals surface area contributed by atoms with Crippen molar-refractivity contribution in [2.24, 2.45) is 0 Å². The summed E-state index contributed by atoms with van der Waals surface area (Å²) in [5, 5.41) is 0. The number of nitrogens with zero attached hydrogens (tertiary/aromatic N) is 1. The van der Waals surface area contributed by atoms with Gasteiger partial charge in [-0.1, -0.05) is 12.2 Å². The maximum Gasteiger partial charge on any atom is 0.341 e. The molecule has 0 saturated carbocycles. The Bertz CT molecular complexity index is 424. The molecule has 0 saturated heterocycles. The Kier molecular flexibility index (Phi) is 5.39. The minimum absolute atomic E-state index is 0.374. The van der Waals surface area contributed by atoms with Crippen molar-refractivity contribution in [2.75, 3.05) is 20.2 Å². The molecule has 0 aromatic carbocycles. The SMILES string of the molecule is C=CCN(CC=C)Cc1cc(C(=O)OC)c(C)o1. The average Bonchev–Trinajstić information content (AvgIpc) is 2.70. The number of methoxy groups -OCH3 is 1. The summed E-state index contributed by atoms with van der Waals surface area (Å²) in [5.74, 6) is 0.937. The highest BCUT2D eigenvalue weighted by molar-refractivity contribution is 5.90. The first-order valence-electron chi connectivity index (χ1n) is 5.74. The summed E-state index contributed by atoms with van der Waals surface area (Å²) in [7, 11) is 1.36. The van der Waals surface area contributed by atoms with Crippen molar-refractivity contribution >= 4 is 5.97 Å². The highest BCUT2D eigenvalue weighted by Crippen LogP contribution is 2.17. The smallest absolute Gasteiger partial charge is 0.341 e. The monoisotopic (exact) mass is 249 g/mol. The molecule has 0 fully saturated rings. The van der Waals surface area contributed by atoms with Crippen LogP contribution in [-0.2, 0) is 11.3 Å². The maximum atomic E-state index is 11.5.